The highest BCUT2D eigenvalue weighted by Crippen LogP contribution is 2.34. The number of hydrogen-bond donors (Lipinski definition) is 0. The molecule has 5 heteroatoms. The van der Waals surface area contributed by atoms with E-state index in [9.17, 15) is 13.2 Å². The second-order valence-electron chi connectivity index (χ2n) is 4.17. The lowest BCUT2D eigenvalue weighted by molar-refractivity contribution is -0.137. The molecule has 2 atom stereocenters. The van der Waals surface area contributed by atoms with E-state index < -0.39 is 11.7 Å². The van der Waals surface area contributed by atoms with E-state index in [2.05, 4.69) is 22.6 Å². The Labute approximate surface area is 111 Å². The molecule has 0 unspecified atom stereocenters. The van der Waals surface area contributed by atoms with Gasteiger partial charge in [0.25, 0.3) is 0 Å². The van der Waals surface area contributed by atoms with Gasteiger partial charge in [-0.3, -0.25) is 0 Å². The SMILES string of the molecule is FC(F)(F)c1cccc([C@@H]2CO[C@@H](CI)C2)c1. The van der Waals surface area contributed by atoms with Crippen LogP contribution in [0.4, 0.5) is 13.2 Å². The summed E-state index contributed by atoms with van der Waals surface area (Å²) < 4.78 is 44.1. The molecule has 94 valence electrons. The van der Waals surface area contributed by atoms with Gasteiger partial charge in [-0.1, -0.05) is 40.8 Å². The lowest BCUT2D eigenvalue weighted by Crippen LogP contribution is -2.07. The molecular formula is C12H12F3IO. The topological polar surface area (TPSA) is 9.23 Å². The summed E-state index contributed by atoms with van der Waals surface area (Å²) in [6, 6.07) is 5.56. The van der Waals surface area contributed by atoms with Crippen molar-refractivity contribution < 1.29 is 17.9 Å². The monoisotopic (exact) mass is 356 g/mol. The van der Waals surface area contributed by atoms with Gasteiger partial charge in [0, 0.05) is 10.3 Å². The van der Waals surface area contributed by atoms with Gasteiger partial charge in [-0.25, -0.2) is 0 Å². The van der Waals surface area contributed by atoms with E-state index in [1.807, 2.05) is 0 Å². The van der Waals surface area contributed by atoms with Crippen molar-refractivity contribution in [2.45, 2.75) is 24.6 Å². The highest BCUT2D eigenvalue weighted by atomic mass is 127. The molecule has 1 aliphatic heterocycles. The van der Waals surface area contributed by atoms with Crippen molar-refractivity contribution in [2.75, 3.05) is 11.0 Å². The molecule has 2 rings (SSSR count). The van der Waals surface area contributed by atoms with Crippen LogP contribution in [0.5, 0.6) is 0 Å². The van der Waals surface area contributed by atoms with Gasteiger partial charge in [0.2, 0.25) is 0 Å². The Bertz CT molecular complexity index is 392. The fourth-order valence-electron chi connectivity index (χ4n) is 2.01. The summed E-state index contributed by atoms with van der Waals surface area (Å²) in [5.41, 5.74) is 0.153. The highest BCUT2D eigenvalue weighted by Gasteiger charge is 2.32. The summed E-state index contributed by atoms with van der Waals surface area (Å²) in [5.74, 6) is 0.0945. The summed E-state index contributed by atoms with van der Waals surface area (Å²) >= 11 is 2.23. The first kappa shape index (κ1) is 13.1. The van der Waals surface area contributed by atoms with E-state index >= 15 is 0 Å². The summed E-state index contributed by atoms with van der Waals surface area (Å²) in [4.78, 5) is 0. The number of halogens is 4. The fourth-order valence-corrected chi connectivity index (χ4v) is 2.63. The molecule has 1 fully saturated rings. The average molecular weight is 356 g/mol. The van der Waals surface area contributed by atoms with Crippen molar-refractivity contribution in [1.29, 1.82) is 0 Å². The third kappa shape index (κ3) is 3.13. The predicted octanol–water partition coefficient (Wildman–Crippen LogP) is 4.01. The number of benzene rings is 1. The average Bonchev–Trinajstić information content (AvgIpc) is 2.76. The van der Waals surface area contributed by atoms with Crippen LogP contribution in [0.15, 0.2) is 24.3 Å². The number of alkyl halides is 4. The third-order valence-corrected chi connectivity index (χ3v) is 3.92. The van der Waals surface area contributed by atoms with Crippen LogP contribution >= 0.6 is 22.6 Å². The van der Waals surface area contributed by atoms with Gasteiger partial charge >= 0.3 is 6.18 Å². The first-order chi connectivity index (χ1) is 8.00. The Balaban J connectivity index is 2.17. The van der Waals surface area contributed by atoms with Gasteiger partial charge < -0.3 is 4.74 Å². The molecule has 0 aromatic heterocycles. The van der Waals surface area contributed by atoms with Crippen LogP contribution in [0.1, 0.15) is 23.5 Å². The van der Waals surface area contributed by atoms with Gasteiger partial charge in [0.05, 0.1) is 18.3 Å². The fraction of sp³-hybridized carbons (Fsp3) is 0.500. The van der Waals surface area contributed by atoms with Crippen molar-refractivity contribution in [1.82, 2.24) is 0 Å². The Morgan fingerprint density at radius 1 is 1.35 bits per heavy atom. The zero-order chi connectivity index (χ0) is 12.5. The lowest BCUT2D eigenvalue weighted by atomic mass is 9.95. The van der Waals surface area contributed by atoms with Crippen LogP contribution in [0.2, 0.25) is 0 Å². The number of rotatable bonds is 2. The Morgan fingerprint density at radius 3 is 2.71 bits per heavy atom. The van der Waals surface area contributed by atoms with E-state index in [0.29, 0.717) is 6.61 Å². The summed E-state index contributed by atoms with van der Waals surface area (Å²) in [7, 11) is 0. The van der Waals surface area contributed by atoms with Crippen molar-refractivity contribution in [3.63, 3.8) is 0 Å². The van der Waals surface area contributed by atoms with Crippen molar-refractivity contribution in [2.24, 2.45) is 0 Å². The minimum Gasteiger partial charge on any atom is -0.377 e. The molecule has 0 N–H and O–H groups in total. The van der Waals surface area contributed by atoms with Crippen molar-refractivity contribution >= 4 is 22.6 Å². The second-order valence-corrected chi connectivity index (χ2v) is 5.05. The molecule has 0 bridgehead atoms. The van der Waals surface area contributed by atoms with Gasteiger partial charge in [0.1, 0.15) is 0 Å². The van der Waals surface area contributed by atoms with E-state index in [-0.39, 0.29) is 12.0 Å². The van der Waals surface area contributed by atoms with E-state index in [1.165, 1.54) is 12.1 Å². The minimum absolute atomic E-state index is 0.0945. The Kier molecular flexibility index (Phi) is 3.97. The zero-order valence-electron chi connectivity index (χ0n) is 9.01. The summed E-state index contributed by atoms with van der Waals surface area (Å²) in [6.45, 7) is 0.523. The van der Waals surface area contributed by atoms with Gasteiger partial charge in [0.15, 0.2) is 0 Å². The largest absolute Gasteiger partial charge is 0.416 e. The third-order valence-electron chi connectivity index (χ3n) is 2.94. The standard InChI is InChI=1S/C12H12F3IO/c13-12(14,15)10-3-1-2-8(4-10)9-5-11(6-16)17-7-9/h1-4,9,11H,5-7H2/t9-,11+/m0/s1. The van der Waals surface area contributed by atoms with Crippen molar-refractivity contribution in [3.05, 3.63) is 35.4 Å². The normalized spacial score (nSPS) is 25.2. The molecule has 1 aliphatic rings. The van der Waals surface area contributed by atoms with Crippen molar-refractivity contribution in [3.8, 4) is 0 Å². The maximum Gasteiger partial charge on any atom is 0.416 e. The molecule has 1 heterocycles. The van der Waals surface area contributed by atoms with Crippen LogP contribution < -0.4 is 0 Å². The molecule has 0 saturated carbocycles. The summed E-state index contributed by atoms with van der Waals surface area (Å²) in [5, 5.41) is 0. The van der Waals surface area contributed by atoms with Crippen LogP contribution in [0, 0.1) is 0 Å². The van der Waals surface area contributed by atoms with E-state index in [1.54, 1.807) is 6.07 Å². The van der Waals surface area contributed by atoms with Gasteiger partial charge in [-0.2, -0.15) is 13.2 Å². The highest BCUT2D eigenvalue weighted by molar-refractivity contribution is 14.1. The Morgan fingerprint density at radius 2 is 2.12 bits per heavy atom. The van der Waals surface area contributed by atoms with Crippen LogP contribution in [-0.4, -0.2) is 17.1 Å². The molecule has 0 radical (unpaired) electrons. The maximum absolute atomic E-state index is 12.6. The van der Waals surface area contributed by atoms with E-state index in [4.69, 9.17) is 4.74 Å². The van der Waals surface area contributed by atoms with Crippen LogP contribution in [0.3, 0.4) is 0 Å². The summed E-state index contributed by atoms with van der Waals surface area (Å²) in [6.07, 6.45) is -3.28. The van der Waals surface area contributed by atoms with Gasteiger partial charge in [-0.05, 0) is 18.1 Å². The number of hydrogen-bond acceptors (Lipinski definition) is 1. The van der Waals surface area contributed by atoms with Gasteiger partial charge in [-0.15, -0.1) is 0 Å². The molecule has 0 spiro atoms. The molecule has 0 aliphatic carbocycles. The molecule has 1 saturated heterocycles. The molecule has 0 amide bonds. The minimum atomic E-state index is -4.27. The molecular weight excluding hydrogens is 344 g/mol. The predicted molar refractivity (Wildman–Crippen MR) is 67.4 cm³/mol. The zero-order valence-corrected chi connectivity index (χ0v) is 11.2. The first-order valence-electron chi connectivity index (χ1n) is 5.35. The Hall–Kier alpha value is -0.300. The first-order valence-corrected chi connectivity index (χ1v) is 6.88. The van der Waals surface area contributed by atoms with Crippen LogP contribution in [-0.2, 0) is 10.9 Å². The second kappa shape index (κ2) is 5.14. The maximum atomic E-state index is 12.6. The molecule has 1 nitrogen and oxygen atoms in total. The molecule has 1 aromatic carbocycles. The molecule has 17 heavy (non-hydrogen) atoms. The van der Waals surface area contributed by atoms with E-state index in [0.717, 1.165) is 22.5 Å². The molecule has 1 aromatic rings. The quantitative estimate of drug-likeness (QED) is 0.575. The smallest absolute Gasteiger partial charge is 0.377 e. The lowest BCUT2D eigenvalue weighted by Gasteiger charge is -2.12. The number of ether oxygens (including phenoxy) is 1. The van der Waals surface area contributed by atoms with Crippen LogP contribution in [0.25, 0.3) is 0 Å².